The summed E-state index contributed by atoms with van der Waals surface area (Å²) in [6.07, 6.45) is 0. The average molecular weight is 381 g/mol. The monoisotopic (exact) mass is 381 g/mol. The number of aryl methyl sites for hydroxylation is 2. The molecule has 8 heteroatoms. The number of morpholine rings is 1. The molecular weight excluding hydrogens is 358 g/mol. The van der Waals surface area contributed by atoms with E-state index in [0.717, 1.165) is 5.69 Å². The first kappa shape index (κ1) is 18.2. The van der Waals surface area contributed by atoms with Gasteiger partial charge in [-0.1, -0.05) is 18.2 Å². The maximum absolute atomic E-state index is 13.3. The number of aromatic nitrogens is 3. The number of nitrogens with zero attached hydrogens (tertiary/aromatic N) is 4. The van der Waals surface area contributed by atoms with Gasteiger partial charge in [-0.05, 0) is 25.1 Å². The molecule has 3 heterocycles. The van der Waals surface area contributed by atoms with Crippen LogP contribution in [0.25, 0.3) is 11.0 Å². The third-order valence-corrected chi connectivity index (χ3v) is 5.02. The molecule has 3 aromatic rings. The van der Waals surface area contributed by atoms with Crippen LogP contribution in [0.15, 0.2) is 41.2 Å². The number of fused-ring (bicyclic) bond motifs is 1. The lowest BCUT2D eigenvalue weighted by Gasteiger charge is -2.29. The minimum absolute atomic E-state index is 0.104. The Morgan fingerprint density at radius 3 is 2.64 bits per heavy atom. The second kappa shape index (κ2) is 7.47. The summed E-state index contributed by atoms with van der Waals surface area (Å²) < 4.78 is 8.70. The van der Waals surface area contributed by atoms with Crippen LogP contribution in [-0.2, 0) is 23.1 Å². The van der Waals surface area contributed by atoms with Gasteiger partial charge in [-0.3, -0.25) is 14.2 Å². The van der Waals surface area contributed by atoms with Gasteiger partial charge in [-0.15, -0.1) is 0 Å². The van der Waals surface area contributed by atoms with Gasteiger partial charge >= 0.3 is 0 Å². The van der Waals surface area contributed by atoms with Crippen LogP contribution in [0, 0.1) is 6.92 Å². The topological polar surface area (TPSA) is 81.4 Å². The molecule has 1 amide bonds. The van der Waals surface area contributed by atoms with Crippen LogP contribution in [0.5, 0.6) is 0 Å². The van der Waals surface area contributed by atoms with Crippen molar-refractivity contribution in [2.45, 2.75) is 13.5 Å². The Balaban J connectivity index is 1.75. The van der Waals surface area contributed by atoms with Crippen LogP contribution < -0.4 is 15.8 Å². The van der Waals surface area contributed by atoms with E-state index in [0.29, 0.717) is 49.0 Å². The lowest BCUT2D eigenvalue weighted by Crippen LogP contribution is -2.42. The second-order valence-corrected chi connectivity index (χ2v) is 6.90. The van der Waals surface area contributed by atoms with Gasteiger partial charge in [0, 0.05) is 31.5 Å². The van der Waals surface area contributed by atoms with Crippen LogP contribution in [-0.4, -0.2) is 46.3 Å². The first-order valence-electron chi connectivity index (χ1n) is 9.29. The molecule has 0 aliphatic carbocycles. The fourth-order valence-electron chi connectivity index (χ4n) is 3.45. The highest BCUT2D eigenvalue weighted by Gasteiger charge is 2.22. The van der Waals surface area contributed by atoms with E-state index in [2.05, 4.69) is 5.32 Å². The number of hydrogen-bond acceptors (Lipinski definition) is 5. The maximum Gasteiger partial charge on any atom is 0.279 e. The Kier molecular flexibility index (Phi) is 4.87. The van der Waals surface area contributed by atoms with Crippen LogP contribution in [0.2, 0.25) is 0 Å². The summed E-state index contributed by atoms with van der Waals surface area (Å²) >= 11 is 0. The molecule has 0 bridgehead atoms. The quantitative estimate of drug-likeness (QED) is 0.741. The molecule has 0 saturated carbocycles. The van der Waals surface area contributed by atoms with Crippen molar-refractivity contribution in [1.82, 2.24) is 14.1 Å². The van der Waals surface area contributed by atoms with Gasteiger partial charge in [0.05, 0.1) is 18.7 Å². The van der Waals surface area contributed by atoms with E-state index in [1.807, 2.05) is 59.8 Å². The predicted octanol–water partition coefficient (Wildman–Crippen LogP) is 1.52. The molecule has 2 aromatic heterocycles. The SMILES string of the molecule is Cc1cc2nc(N3CCOCC3)n(CC(=O)Nc3ccccc3)c(=O)c2n1C. The normalized spacial score (nSPS) is 14.4. The van der Waals surface area contributed by atoms with Crippen molar-refractivity contribution in [3.8, 4) is 0 Å². The lowest BCUT2D eigenvalue weighted by atomic mass is 10.3. The molecule has 8 nitrogen and oxygen atoms in total. The van der Waals surface area contributed by atoms with E-state index in [-0.39, 0.29) is 18.0 Å². The number of anilines is 2. The van der Waals surface area contributed by atoms with Gasteiger partial charge in [-0.25, -0.2) is 4.98 Å². The Labute approximate surface area is 162 Å². The standard InChI is InChI=1S/C20H23N5O3/c1-14-12-16-18(23(14)2)19(27)25(20(22-16)24-8-10-28-11-9-24)13-17(26)21-15-6-4-3-5-7-15/h3-7,12H,8-11,13H2,1-2H3,(H,21,26). The van der Waals surface area contributed by atoms with Crippen molar-refractivity contribution in [2.24, 2.45) is 7.05 Å². The van der Waals surface area contributed by atoms with Crippen LogP contribution in [0.4, 0.5) is 11.6 Å². The molecule has 1 fully saturated rings. The molecule has 1 saturated heterocycles. The highest BCUT2D eigenvalue weighted by atomic mass is 16.5. The minimum Gasteiger partial charge on any atom is -0.378 e. The number of benzene rings is 1. The molecule has 1 aliphatic heterocycles. The van der Waals surface area contributed by atoms with E-state index in [9.17, 15) is 9.59 Å². The van der Waals surface area contributed by atoms with E-state index in [4.69, 9.17) is 9.72 Å². The molecule has 0 unspecified atom stereocenters. The van der Waals surface area contributed by atoms with E-state index in [1.165, 1.54) is 4.57 Å². The van der Waals surface area contributed by atoms with Gasteiger partial charge in [0.15, 0.2) is 0 Å². The fraction of sp³-hybridized carbons (Fsp3) is 0.350. The summed E-state index contributed by atoms with van der Waals surface area (Å²) in [5.74, 6) is 0.240. The Morgan fingerprint density at radius 1 is 1.21 bits per heavy atom. The van der Waals surface area contributed by atoms with Gasteiger partial charge in [-0.2, -0.15) is 0 Å². The predicted molar refractivity (Wildman–Crippen MR) is 108 cm³/mol. The van der Waals surface area contributed by atoms with Crippen molar-refractivity contribution in [3.05, 3.63) is 52.4 Å². The molecule has 0 atom stereocenters. The summed E-state index contributed by atoms with van der Waals surface area (Å²) in [4.78, 5) is 32.7. The Hall–Kier alpha value is -3.13. The van der Waals surface area contributed by atoms with Crippen molar-refractivity contribution in [1.29, 1.82) is 0 Å². The summed E-state index contributed by atoms with van der Waals surface area (Å²) in [7, 11) is 1.84. The number of carbonyl (C=O) groups excluding carboxylic acids is 1. The van der Waals surface area contributed by atoms with E-state index >= 15 is 0 Å². The average Bonchev–Trinajstić information content (AvgIpc) is 2.99. The second-order valence-electron chi connectivity index (χ2n) is 6.90. The molecule has 0 spiro atoms. The van der Waals surface area contributed by atoms with Gasteiger partial charge in [0.25, 0.3) is 5.56 Å². The van der Waals surface area contributed by atoms with Crippen LogP contribution in [0.1, 0.15) is 5.69 Å². The van der Waals surface area contributed by atoms with Crippen molar-refractivity contribution in [3.63, 3.8) is 0 Å². The summed E-state index contributed by atoms with van der Waals surface area (Å²) in [5.41, 5.74) is 2.56. The molecule has 146 valence electrons. The summed E-state index contributed by atoms with van der Waals surface area (Å²) in [5, 5.41) is 2.84. The van der Waals surface area contributed by atoms with Gasteiger partial charge in [0.2, 0.25) is 11.9 Å². The number of amides is 1. The molecule has 0 radical (unpaired) electrons. The molecule has 1 N–H and O–H groups in total. The van der Waals surface area contributed by atoms with Gasteiger partial charge < -0.3 is 19.5 Å². The third kappa shape index (κ3) is 3.38. The number of hydrogen-bond donors (Lipinski definition) is 1. The third-order valence-electron chi connectivity index (χ3n) is 5.02. The lowest BCUT2D eigenvalue weighted by molar-refractivity contribution is -0.116. The molecule has 28 heavy (non-hydrogen) atoms. The zero-order valence-corrected chi connectivity index (χ0v) is 16.0. The van der Waals surface area contributed by atoms with Crippen molar-refractivity contribution in [2.75, 3.05) is 36.5 Å². The maximum atomic E-state index is 13.3. The van der Waals surface area contributed by atoms with E-state index in [1.54, 1.807) is 0 Å². The van der Waals surface area contributed by atoms with Crippen LogP contribution in [0.3, 0.4) is 0 Å². The molecular formula is C20H23N5O3. The highest BCUT2D eigenvalue weighted by molar-refractivity contribution is 5.91. The van der Waals surface area contributed by atoms with Crippen molar-refractivity contribution < 1.29 is 9.53 Å². The zero-order valence-electron chi connectivity index (χ0n) is 16.0. The van der Waals surface area contributed by atoms with Crippen molar-refractivity contribution >= 4 is 28.6 Å². The first-order chi connectivity index (χ1) is 13.5. The Bertz CT molecular complexity index is 1060. The number of para-hydroxylation sites is 1. The summed E-state index contributed by atoms with van der Waals surface area (Å²) in [6, 6.07) is 11.1. The summed E-state index contributed by atoms with van der Waals surface area (Å²) in [6.45, 7) is 4.22. The number of nitrogens with one attached hydrogen (secondary N) is 1. The number of ether oxygens (including phenoxy) is 1. The fourth-order valence-corrected chi connectivity index (χ4v) is 3.45. The zero-order chi connectivity index (χ0) is 19.7. The molecule has 1 aromatic carbocycles. The number of rotatable bonds is 4. The van der Waals surface area contributed by atoms with Gasteiger partial charge in [0.1, 0.15) is 12.1 Å². The van der Waals surface area contributed by atoms with Crippen LogP contribution >= 0.6 is 0 Å². The Morgan fingerprint density at radius 2 is 1.93 bits per heavy atom. The first-order valence-corrected chi connectivity index (χ1v) is 9.29. The molecule has 1 aliphatic rings. The minimum atomic E-state index is -0.269. The number of carbonyl (C=O) groups is 1. The smallest absolute Gasteiger partial charge is 0.279 e. The largest absolute Gasteiger partial charge is 0.378 e. The molecule has 4 rings (SSSR count). The van der Waals surface area contributed by atoms with E-state index < -0.39 is 0 Å². The highest BCUT2D eigenvalue weighted by Crippen LogP contribution is 2.19.